The summed E-state index contributed by atoms with van der Waals surface area (Å²) in [5.41, 5.74) is 2.54. The number of rotatable bonds is 4. The number of ether oxygens (including phenoxy) is 1. The summed E-state index contributed by atoms with van der Waals surface area (Å²) in [6, 6.07) is 6.63. The zero-order valence-corrected chi connectivity index (χ0v) is 15.6. The highest BCUT2D eigenvalue weighted by molar-refractivity contribution is 7.08. The second kappa shape index (κ2) is 7.29. The molecule has 2 aromatic heterocycles. The number of carbonyl (C=O) groups excluding carboxylic acids is 1. The van der Waals surface area contributed by atoms with Gasteiger partial charge in [0.2, 0.25) is 0 Å². The van der Waals surface area contributed by atoms with Gasteiger partial charge in [0.1, 0.15) is 11.4 Å². The normalized spacial score (nSPS) is 11.4. The van der Waals surface area contributed by atoms with Crippen molar-refractivity contribution < 1.29 is 13.9 Å². The number of hydrogen-bond donors (Lipinski definition) is 1. The van der Waals surface area contributed by atoms with Gasteiger partial charge in [0.15, 0.2) is 0 Å². The number of aromatic nitrogens is 2. The Morgan fingerprint density at radius 2 is 2.12 bits per heavy atom. The Labute approximate surface area is 155 Å². The van der Waals surface area contributed by atoms with E-state index >= 15 is 0 Å². The minimum atomic E-state index is -0.576. The molecule has 0 atom stereocenters. The molecule has 0 aliphatic heterocycles. The summed E-state index contributed by atoms with van der Waals surface area (Å²) in [7, 11) is 0. The van der Waals surface area contributed by atoms with Gasteiger partial charge in [-0.2, -0.15) is 16.4 Å². The average molecular weight is 373 g/mol. The van der Waals surface area contributed by atoms with Gasteiger partial charge in [-0.15, -0.1) is 0 Å². The molecule has 0 aliphatic carbocycles. The first-order valence-corrected chi connectivity index (χ1v) is 9.08. The second-order valence-electron chi connectivity index (χ2n) is 6.86. The van der Waals surface area contributed by atoms with Crippen LogP contribution in [0.4, 0.5) is 9.18 Å². The molecule has 0 unspecified atom stereocenters. The number of nitrogens with one attached hydrogen (secondary N) is 1. The number of halogens is 1. The summed E-state index contributed by atoms with van der Waals surface area (Å²) >= 11 is 1.58. The highest BCUT2D eigenvalue weighted by Gasteiger charge is 2.16. The topological polar surface area (TPSA) is 56.1 Å². The fraction of sp³-hybridized carbons (Fsp3) is 0.263. The molecule has 0 saturated carbocycles. The van der Waals surface area contributed by atoms with Crippen LogP contribution < -0.4 is 5.32 Å². The van der Waals surface area contributed by atoms with Crippen LogP contribution in [0.15, 0.2) is 47.4 Å². The molecule has 2 heterocycles. The Morgan fingerprint density at radius 3 is 2.81 bits per heavy atom. The molecule has 7 heteroatoms. The molecule has 3 rings (SSSR count). The van der Waals surface area contributed by atoms with Crippen molar-refractivity contribution in [3.05, 3.63) is 58.8 Å². The summed E-state index contributed by atoms with van der Waals surface area (Å²) < 4.78 is 21.0. The fourth-order valence-electron chi connectivity index (χ4n) is 2.41. The molecule has 3 aromatic rings. The Kier molecular flexibility index (Phi) is 5.08. The minimum Gasteiger partial charge on any atom is -0.444 e. The lowest BCUT2D eigenvalue weighted by molar-refractivity contribution is 0.0523. The molecule has 0 fully saturated rings. The lowest BCUT2D eigenvalue weighted by Crippen LogP contribution is -2.32. The molecule has 1 amide bonds. The van der Waals surface area contributed by atoms with E-state index in [2.05, 4.69) is 10.4 Å². The van der Waals surface area contributed by atoms with Crippen molar-refractivity contribution in [1.82, 2.24) is 15.1 Å². The maximum absolute atomic E-state index is 14.0. The van der Waals surface area contributed by atoms with Crippen molar-refractivity contribution in [3.63, 3.8) is 0 Å². The first-order chi connectivity index (χ1) is 12.3. The SMILES string of the molecule is CC(C)(C)OC(=O)NCc1cc(F)cc(-c2cnn(-c3ccsc3)c2)c1. The van der Waals surface area contributed by atoms with Crippen LogP contribution >= 0.6 is 11.3 Å². The summed E-state index contributed by atoms with van der Waals surface area (Å²) in [4.78, 5) is 11.8. The van der Waals surface area contributed by atoms with E-state index in [9.17, 15) is 9.18 Å². The third-order valence-electron chi connectivity index (χ3n) is 3.48. The molecule has 1 aromatic carbocycles. The van der Waals surface area contributed by atoms with E-state index in [4.69, 9.17) is 4.74 Å². The minimum absolute atomic E-state index is 0.179. The first-order valence-electron chi connectivity index (χ1n) is 8.14. The number of thiophene rings is 1. The molecule has 136 valence electrons. The van der Waals surface area contributed by atoms with Crippen molar-refractivity contribution in [1.29, 1.82) is 0 Å². The van der Waals surface area contributed by atoms with Crippen LogP contribution in [0.3, 0.4) is 0 Å². The van der Waals surface area contributed by atoms with Gasteiger partial charge in [-0.1, -0.05) is 0 Å². The number of hydrogen-bond acceptors (Lipinski definition) is 4. The molecule has 0 aliphatic rings. The first kappa shape index (κ1) is 18.1. The Hall–Kier alpha value is -2.67. The molecule has 0 spiro atoms. The van der Waals surface area contributed by atoms with Gasteiger partial charge in [0.05, 0.1) is 11.9 Å². The van der Waals surface area contributed by atoms with Crippen molar-refractivity contribution in [3.8, 4) is 16.8 Å². The number of benzene rings is 1. The van der Waals surface area contributed by atoms with Gasteiger partial charge in [0.25, 0.3) is 0 Å². The van der Waals surface area contributed by atoms with Crippen molar-refractivity contribution in [2.75, 3.05) is 0 Å². The predicted molar refractivity (Wildman–Crippen MR) is 99.9 cm³/mol. The molecule has 0 saturated heterocycles. The Bertz CT molecular complexity index is 898. The van der Waals surface area contributed by atoms with Gasteiger partial charge in [-0.05, 0) is 61.5 Å². The number of alkyl carbamates (subject to hydrolysis) is 1. The van der Waals surface area contributed by atoms with Crippen LogP contribution in [0.5, 0.6) is 0 Å². The molecule has 0 bridgehead atoms. The summed E-state index contributed by atoms with van der Waals surface area (Å²) in [6.45, 7) is 5.55. The van der Waals surface area contributed by atoms with Gasteiger partial charge >= 0.3 is 6.09 Å². The number of carbonyl (C=O) groups is 1. The van der Waals surface area contributed by atoms with Gasteiger partial charge in [-0.3, -0.25) is 0 Å². The van der Waals surface area contributed by atoms with Crippen molar-refractivity contribution >= 4 is 17.4 Å². The van der Waals surface area contributed by atoms with Gasteiger partial charge in [0, 0.05) is 23.7 Å². The quantitative estimate of drug-likeness (QED) is 0.717. The van der Waals surface area contributed by atoms with E-state index in [1.165, 1.54) is 12.1 Å². The van der Waals surface area contributed by atoms with Crippen LogP contribution in [0, 0.1) is 5.82 Å². The van der Waals surface area contributed by atoms with Crippen LogP contribution in [0.25, 0.3) is 16.8 Å². The number of amides is 1. The predicted octanol–water partition coefficient (Wildman–Crippen LogP) is 4.76. The Morgan fingerprint density at radius 1 is 1.31 bits per heavy atom. The molecular weight excluding hydrogens is 353 g/mol. The zero-order valence-electron chi connectivity index (χ0n) is 14.8. The average Bonchev–Trinajstić information content (AvgIpc) is 3.21. The highest BCUT2D eigenvalue weighted by Crippen LogP contribution is 2.23. The van der Waals surface area contributed by atoms with Crippen molar-refractivity contribution in [2.24, 2.45) is 0 Å². The lowest BCUT2D eigenvalue weighted by atomic mass is 10.1. The smallest absolute Gasteiger partial charge is 0.407 e. The Balaban J connectivity index is 1.75. The van der Waals surface area contributed by atoms with E-state index in [1.807, 2.05) is 29.1 Å². The molecule has 26 heavy (non-hydrogen) atoms. The van der Waals surface area contributed by atoms with Crippen molar-refractivity contribution in [2.45, 2.75) is 32.9 Å². The van der Waals surface area contributed by atoms with E-state index in [0.29, 0.717) is 11.1 Å². The lowest BCUT2D eigenvalue weighted by Gasteiger charge is -2.19. The maximum atomic E-state index is 14.0. The third-order valence-corrected chi connectivity index (χ3v) is 4.15. The second-order valence-corrected chi connectivity index (χ2v) is 7.64. The van der Waals surface area contributed by atoms with Gasteiger partial charge < -0.3 is 10.1 Å². The van der Waals surface area contributed by atoms with Crippen LogP contribution in [-0.2, 0) is 11.3 Å². The van der Waals surface area contributed by atoms with Crippen LogP contribution in [0.1, 0.15) is 26.3 Å². The van der Waals surface area contributed by atoms with Crippen LogP contribution in [0.2, 0.25) is 0 Å². The van der Waals surface area contributed by atoms with E-state index < -0.39 is 11.7 Å². The van der Waals surface area contributed by atoms with E-state index in [-0.39, 0.29) is 12.4 Å². The summed E-state index contributed by atoms with van der Waals surface area (Å²) in [6.07, 6.45) is 3.01. The molecular formula is C19H20FN3O2S. The van der Waals surface area contributed by atoms with E-state index in [0.717, 1.165) is 11.3 Å². The largest absolute Gasteiger partial charge is 0.444 e. The van der Waals surface area contributed by atoms with Crippen LogP contribution in [-0.4, -0.2) is 21.5 Å². The summed E-state index contributed by atoms with van der Waals surface area (Å²) in [5, 5.41) is 10.9. The van der Waals surface area contributed by atoms with E-state index in [1.54, 1.807) is 43.0 Å². The zero-order chi connectivity index (χ0) is 18.7. The maximum Gasteiger partial charge on any atom is 0.407 e. The third kappa shape index (κ3) is 4.70. The molecule has 5 nitrogen and oxygen atoms in total. The summed E-state index contributed by atoms with van der Waals surface area (Å²) in [5.74, 6) is -0.369. The molecule has 1 N–H and O–H groups in total. The van der Waals surface area contributed by atoms with Gasteiger partial charge in [-0.25, -0.2) is 13.9 Å². The number of nitrogens with zero attached hydrogens (tertiary/aromatic N) is 2. The fourth-order valence-corrected chi connectivity index (χ4v) is 3.03. The standard InChI is InChI=1S/C19H20FN3O2S/c1-19(2,3)25-18(24)21-9-13-6-14(8-16(20)7-13)15-10-22-23(11-15)17-4-5-26-12-17/h4-8,10-12H,9H2,1-3H3,(H,21,24). The highest BCUT2D eigenvalue weighted by atomic mass is 32.1. The monoisotopic (exact) mass is 373 g/mol. The molecule has 0 radical (unpaired) electrons.